The van der Waals surface area contributed by atoms with E-state index in [1.807, 2.05) is 14.1 Å². The predicted molar refractivity (Wildman–Crippen MR) is 110 cm³/mol. The van der Waals surface area contributed by atoms with Crippen molar-refractivity contribution in [1.82, 2.24) is 9.97 Å². The summed E-state index contributed by atoms with van der Waals surface area (Å²) in [6, 6.07) is 6.75. The number of hydrogen-bond acceptors (Lipinski definition) is 6. The predicted octanol–water partition coefficient (Wildman–Crippen LogP) is 3.13. The molecule has 0 spiro atoms. The summed E-state index contributed by atoms with van der Waals surface area (Å²) in [4.78, 5) is 12.9. The lowest BCUT2D eigenvalue weighted by Gasteiger charge is -2.28. The van der Waals surface area contributed by atoms with Crippen molar-refractivity contribution in [1.29, 1.82) is 0 Å². The highest BCUT2D eigenvalue weighted by atomic mass is 35.5. The zero-order valence-corrected chi connectivity index (χ0v) is 17.1. The van der Waals surface area contributed by atoms with Crippen molar-refractivity contribution in [2.75, 3.05) is 41.7 Å². The highest BCUT2D eigenvalue weighted by Gasteiger charge is 2.20. The minimum Gasteiger partial charge on any atom is -0.361 e. The first kappa shape index (κ1) is 19.7. The number of halogens is 1. The second-order valence-corrected chi connectivity index (χ2v) is 9.00. The third kappa shape index (κ3) is 5.23. The normalized spacial score (nSPS) is 14.9. The van der Waals surface area contributed by atoms with E-state index in [1.165, 1.54) is 6.42 Å². The van der Waals surface area contributed by atoms with E-state index < -0.39 is 10.0 Å². The zero-order valence-electron chi connectivity index (χ0n) is 15.5. The van der Waals surface area contributed by atoms with E-state index in [2.05, 4.69) is 19.6 Å². The molecule has 0 bridgehead atoms. The first-order valence-corrected chi connectivity index (χ1v) is 10.9. The summed E-state index contributed by atoms with van der Waals surface area (Å²) < 4.78 is 27.8. The molecule has 27 heavy (non-hydrogen) atoms. The van der Waals surface area contributed by atoms with Gasteiger partial charge in [-0.3, -0.25) is 4.72 Å². The Morgan fingerprint density at radius 2 is 1.81 bits per heavy atom. The largest absolute Gasteiger partial charge is 0.361 e. The van der Waals surface area contributed by atoms with Gasteiger partial charge in [-0.1, -0.05) is 23.7 Å². The molecular formula is C18H24ClN5O2S. The van der Waals surface area contributed by atoms with Gasteiger partial charge in [-0.05, 0) is 37.0 Å². The third-order valence-corrected chi connectivity index (χ3v) is 5.85. The molecule has 9 heteroatoms. The van der Waals surface area contributed by atoms with Gasteiger partial charge < -0.3 is 9.80 Å². The number of piperidine rings is 1. The second-order valence-electron chi connectivity index (χ2n) is 6.84. The fraction of sp³-hybridized carbons (Fsp3) is 0.444. The molecule has 2 heterocycles. The molecule has 146 valence electrons. The lowest BCUT2D eigenvalue weighted by atomic mass is 10.1. The molecule has 7 nitrogen and oxygen atoms in total. The molecule has 1 fully saturated rings. The summed E-state index contributed by atoms with van der Waals surface area (Å²) in [6.45, 7) is 1.85. The minimum absolute atomic E-state index is 0.148. The molecule has 0 aliphatic carbocycles. The van der Waals surface area contributed by atoms with Crippen LogP contribution in [0.2, 0.25) is 5.02 Å². The molecule has 1 aliphatic rings. The quantitative estimate of drug-likeness (QED) is 0.789. The Balaban J connectivity index is 1.81. The van der Waals surface area contributed by atoms with Gasteiger partial charge in [0.15, 0.2) is 5.82 Å². The monoisotopic (exact) mass is 409 g/mol. The van der Waals surface area contributed by atoms with Crippen LogP contribution in [-0.4, -0.2) is 45.6 Å². The average Bonchev–Trinajstić information content (AvgIpc) is 2.64. The van der Waals surface area contributed by atoms with Crippen LogP contribution in [0.3, 0.4) is 0 Å². The summed E-state index contributed by atoms with van der Waals surface area (Å²) in [5, 5.41) is 0.570. The maximum absolute atomic E-state index is 12.6. The first-order valence-electron chi connectivity index (χ1n) is 8.88. The number of aromatic nitrogens is 2. The molecule has 1 saturated heterocycles. The summed E-state index contributed by atoms with van der Waals surface area (Å²) in [5.41, 5.74) is 1.03. The van der Waals surface area contributed by atoms with E-state index in [4.69, 9.17) is 11.6 Å². The van der Waals surface area contributed by atoms with E-state index in [0.29, 0.717) is 28.0 Å². The van der Waals surface area contributed by atoms with E-state index in [9.17, 15) is 8.42 Å². The molecule has 2 aromatic rings. The molecule has 1 aromatic carbocycles. The average molecular weight is 410 g/mol. The van der Waals surface area contributed by atoms with Crippen LogP contribution in [-0.2, 0) is 15.8 Å². The van der Waals surface area contributed by atoms with Gasteiger partial charge in [0, 0.05) is 32.2 Å². The van der Waals surface area contributed by atoms with Gasteiger partial charge in [0.25, 0.3) is 0 Å². The van der Waals surface area contributed by atoms with Crippen LogP contribution in [0.5, 0.6) is 0 Å². The van der Waals surface area contributed by atoms with Crippen LogP contribution in [0.4, 0.5) is 17.5 Å². The van der Waals surface area contributed by atoms with Crippen molar-refractivity contribution < 1.29 is 8.42 Å². The molecule has 1 aliphatic heterocycles. The van der Waals surface area contributed by atoms with Gasteiger partial charge in [0.1, 0.15) is 5.69 Å². The Bertz CT molecular complexity index is 881. The van der Waals surface area contributed by atoms with Crippen LogP contribution in [0.15, 0.2) is 30.5 Å². The third-order valence-electron chi connectivity index (χ3n) is 4.35. The molecule has 0 radical (unpaired) electrons. The van der Waals surface area contributed by atoms with Gasteiger partial charge in [-0.25, -0.2) is 13.4 Å². The SMILES string of the molecule is CN(C)c1nc(N2CCCCC2)ncc1NS(=O)(=O)Cc1ccc(Cl)cc1. The van der Waals surface area contributed by atoms with E-state index in [-0.39, 0.29) is 5.75 Å². The van der Waals surface area contributed by atoms with Crippen LogP contribution in [0.1, 0.15) is 24.8 Å². The molecule has 3 rings (SSSR count). The van der Waals surface area contributed by atoms with E-state index in [0.717, 1.165) is 25.9 Å². The molecule has 0 amide bonds. The standard InChI is InChI=1S/C18H24ClN5O2S/c1-23(2)17-16(12-20-18(21-17)24-10-4-3-5-11-24)22-27(25,26)13-14-6-8-15(19)9-7-14/h6-9,12,22H,3-5,10-11,13H2,1-2H3. The number of sulfonamides is 1. The van der Waals surface area contributed by atoms with Crippen molar-refractivity contribution in [3.63, 3.8) is 0 Å². The summed E-state index contributed by atoms with van der Waals surface area (Å²) >= 11 is 5.86. The van der Waals surface area contributed by atoms with Gasteiger partial charge in [-0.2, -0.15) is 4.98 Å². The Morgan fingerprint density at radius 1 is 1.15 bits per heavy atom. The Kier molecular flexibility index (Phi) is 6.06. The van der Waals surface area contributed by atoms with Crippen LogP contribution >= 0.6 is 11.6 Å². The first-order chi connectivity index (χ1) is 12.8. The Labute approximate surface area is 165 Å². The lowest BCUT2D eigenvalue weighted by molar-refractivity contribution is 0.568. The molecule has 0 saturated carbocycles. The number of nitrogens with zero attached hydrogens (tertiary/aromatic N) is 4. The fourth-order valence-electron chi connectivity index (χ4n) is 3.03. The molecule has 1 aromatic heterocycles. The van der Waals surface area contributed by atoms with Gasteiger partial charge in [-0.15, -0.1) is 0 Å². The van der Waals surface area contributed by atoms with Crippen LogP contribution in [0, 0.1) is 0 Å². The maximum atomic E-state index is 12.6. The molecular weight excluding hydrogens is 386 g/mol. The summed E-state index contributed by atoms with van der Waals surface area (Å²) in [7, 11) is 0.0577. The van der Waals surface area contributed by atoms with Crippen LogP contribution in [0.25, 0.3) is 0 Å². The van der Waals surface area contributed by atoms with Crippen LogP contribution < -0.4 is 14.5 Å². The lowest BCUT2D eigenvalue weighted by Crippen LogP contribution is -2.31. The van der Waals surface area contributed by atoms with Gasteiger partial charge >= 0.3 is 0 Å². The van der Waals surface area contributed by atoms with E-state index in [1.54, 1.807) is 35.4 Å². The van der Waals surface area contributed by atoms with E-state index >= 15 is 0 Å². The number of benzene rings is 1. The second kappa shape index (κ2) is 8.31. The van der Waals surface area contributed by atoms with Crippen molar-refractivity contribution in [3.05, 3.63) is 41.0 Å². The smallest absolute Gasteiger partial charge is 0.237 e. The highest BCUT2D eigenvalue weighted by molar-refractivity contribution is 7.91. The summed E-state index contributed by atoms with van der Waals surface area (Å²) in [5.74, 6) is 1.04. The van der Waals surface area contributed by atoms with Crippen molar-refractivity contribution in [2.45, 2.75) is 25.0 Å². The fourth-order valence-corrected chi connectivity index (χ4v) is 4.34. The number of nitrogens with one attached hydrogen (secondary N) is 1. The van der Waals surface area contributed by atoms with Gasteiger partial charge in [0.2, 0.25) is 16.0 Å². The molecule has 0 unspecified atom stereocenters. The number of anilines is 3. The summed E-state index contributed by atoms with van der Waals surface area (Å²) in [6.07, 6.45) is 5.01. The molecule has 1 N–H and O–H groups in total. The van der Waals surface area contributed by atoms with Crippen molar-refractivity contribution in [3.8, 4) is 0 Å². The minimum atomic E-state index is -3.61. The number of hydrogen-bond donors (Lipinski definition) is 1. The molecule has 0 atom stereocenters. The number of rotatable bonds is 6. The zero-order chi connectivity index (χ0) is 19.4. The highest BCUT2D eigenvalue weighted by Crippen LogP contribution is 2.26. The Morgan fingerprint density at radius 3 is 2.44 bits per heavy atom. The maximum Gasteiger partial charge on any atom is 0.237 e. The van der Waals surface area contributed by atoms with Gasteiger partial charge in [0.05, 0.1) is 11.9 Å². The Hall–Kier alpha value is -2.06. The van der Waals surface area contributed by atoms with Crippen molar-refractivity contribution in [2.24, 2.45) is 0 Å². The topological polar surface area (TPSA) is 78.4 Å². The van der Waals surface area contributed by atoms with Crippen molar-refractivity contribution >= 4 is 39.1 Å².